The fraction of sp³-hybridized carbons (Fsp3) is 0.143. The van der Waals surface area contributed by atoms with Gasteiger partial charge in [0.1, 0.15) is 12.4 Å². The van der Waals surface area contributed by atoms with Gasteiger partial charge >= 0.3 is 0 Å². The minimum atomic E-state index is -0.280. The highest BCUT2D eigenvalue weighted by atomic mass is 79.9. The van der Waals surface area contributed by atoms with E-state index in [1.54, 1.807) is 0 Å². The molecule has 0 saturated carbocycles. The molecule has 0 aliphatic carbocycles. The van der Waals surface area contributed by atoms with E-state index in [2.05, 4.69) is 38.7 Å². The van der Waals surface area contributed by atoms with Crippen LogP contribution in [0.25, 0.3) is 17.0 Å². The highest BCUT2D eigenvalue weighted by Crippen LogP contribution is 2.34. The minimum absolute atomic E-state index is 0.210. The molecular formula is C28H23BrN2O3S. The van der Waals surface area contributed by atoms with Crippen LogP contribution in [0.3, 0.4) is 0 Å². The number of hydrogen-bond acceptors (Lipinski definition) is 4. The van der Waals surface area contributed by atoms with E-state index >= 15 is 0 Å². The molecule has 0 N–H and O–H groups in total. The molecule has 35 heavy (non-hydrogen) atoms. The van der Waals surface area contributed by atoms with Crippen molar-refractivity contribution in [2.75, 3.05) is 13.2 Å². The van der Waals surface area contributed by atoms with Crippen molar-refractivity contribution in [3.63, 3.8) is 0 Å². The van der Waals surface area contributed by atoms with Gasteiger partial charge in [0, 0.05) is 33.7 Å². The fourth-order valence-electron chi connectivity index (χ4n) is 4.10. The van der Waals surface area contributed by atoms with Crippen LogP contribution in [0.2, 0.25) is 0 Å². The summed E-state index contributed by atoms with van der Waals surface area (Å²) in [5, 5.41) is 0.770. The number of aryl methyl sites for hydroxylation is 1. The van der Waals surface area contributed by atoms with Crippen LogP contribution < -0.4 is 4.74 Å². The first-order valence-electron chi connectivity index (χ1n) is 11.2. The number of hydrogen-bond donors (Lipinski definition) is 0. The van der Waals surface area contributed by atoms with Gasteiger partial charge in [-0.05, 0) is 66.2 Å². The third-order valence-electron chi connectivity index (χ3n) is 5.82. The van der Waals surface area contributed by atoms with Gasteiger partial charge in [-0.25, -0.2) is 0 Å². The number of benzene rings is 3. The number of amides is 2. The van der Waals surface area contributed by atoms with Crippen molar-refractivity contribution in [3.05, 3.63) is 105 Å². The highest BCUT2D eigenvalue weighted by Gasteiger charge is 2.35. The predicted molar refractivity (Wildman–Crippen MR) is 145 cm³/mol. The van der Waals surface area contributed by atoms with Crippen molar-refractivity contribution >= 4 is 55.8 Å². The molecule has 0 atom stereocenters. The van der Waals surface area contributed by atoms with Gasteiger partial charge in [0.2, 0.25) is 0 Å². The SMILES string of the molecule is Cc1cccc(OCCN2C(=O)S/C(=C\c3cn(Cc4ccc(Br)cc4)c4ccccc34)C2=O)c1. The van der Waals surface area contributed by atoms with Gasteiger partial charge in [-0.3, -0.25) is 14.5 Å². The smallest absolute Gasteiger partial charge is 0.293 e. The van der Waals surface area contributed by atoms with E-state index in [4.69, 9.17) is 4.74 Å². The Hall–Kier alpha value is -3.29. The van der Waals surface area contributed by atoms with Crippen LogP contribution in [0.1, 0.15) is 16.7 Å². The van der Waals surface area contributed by atoms with E-state index in [0.29, 0.717) is 11.4 Å². The van der Waals surface area contributed by atoms with E-state index in [9.17, 15) is 9.59 Å². The van der Waals surface area contributed by atoms with E-state index < -0.39 is 0 Å². The number of imide groups is 1. The zero-order chi connectivity index (χ0) is 24.4. The van der Waals surface area contributed by atoms with Gasteiger partial charge in [0.05, 0.1) is 11.4 Å². The molecule has 1 aliphatic rings. The monoisotopic (exact) mass is 546 g/mol. The van der Waals surface area contributed by atoms with Crippen molar-refractivity contribution < 1.29 is 14.3 Å². The predicted octanol–water partition coefficient (Wildman–Crippen LogP) is 6.88. The summed E-state index contributed by atoms with van der Waals surface area (Å²) < 4.78 is 8.95. The Labute approximate surface area is 216 Å². The second kappa shape index (κ2) is 10.1. The molecule has 1 fully saturated rings. The summed E-state index contributed by atoms with van der Waals surface area (Å²) in [5.74, 6) is 0.448. The van der Waals surface area contributed by atoms with Crippen molar-refractivity contribution in [2.45, 2.75) is 13.5 Å². The molecule has 5 rings (SSSR count). The van der Waals surface area contributed by atoms with Gasteiger partial charge in [-0.15, -0.1) is 0 Å². The lowest BCUT2D eigenvalue weighted by molar-refractivity contribution is -0.123. The molecule has 0 spiro atoms. The first-order chi connectivity index (χ1) is 17.0. The van der Waals surface area contributed by atoms with E-state index in [1.165, 1.54) is 10.5 Å². The molecule has 5 nitrogen and oxygen atoms in total. The Balaban J connectivity index is 1.34. The molecule has 1 aromatic heterocycles. The Morgan fingerprint density at radius 1 is 1.00 bits per heavy atom. The fourth-order valence-corrected chi connectivity index (χ4v) is 5.22. The molecule has 1 aliphatic heterocycles. The average Bonchev–Trinajstić information content (AvgIpc) is 3.32. The standard InChI is InChI=1S/C28H23BrN2O3S/c1-19-5-4-6-23(15-19)34-14-13-31-27(32)26(35-28(31)33)16-21-18-30(25-8-3-2-7-24(21)25)17-20-9-11-22(29)12-10-20/h2-12,15-16,18H,13-14,17H2,1H3/b26-16-. The van der Waals surface area contributed by atoms with Crippen LogP contribution in [0.4, 0.5) is 4.79 Å². The molecule has 4 aromatic rings. The van der Waals surface area contributed by atoms with E-state index in [1.807, 2.05) is 73.8 Å². The Morgan fingerprint density at radius 3 is 2.60 bits per heavy atom. The van der Waals surface area contributed by atoms with Crippen molar-refractivity contribution in [1.82, 2.24) is 9.47 Å². The normalized spacial score (nSPS) is 14.9. The number of para-hydroxylation sites is 1. The Kier molecular flexibility index (Phi) is 6.79. The summed E-state index contributed by atoms with van der Waals surface area (Å²) in [6.07, 6.45) is 3.87. The summed E-state index contributed by atoms with van der Waals surface area (Å²) in [5.41, 5.74) is 4.26. The van der Waals surface area contributed by atoms with E-state index in [-0.39, 0.29) is 24.3 Å². The number of halogens is 1. The van der Waals surface area contributed by atoms with Gasteiger partial charge in [-0.1, -0.05) is 58.4 Å². The van der Waals surface area contributed by atoms with Gasteiger partial charge in [-0.2, -0.15) is 0 Å². The number of carbonyl (C=O) groups excluding carboxylic acids is 2. The lowest BCUT2D eigenvalue weighted by Gasteiger charge is -2.13. The van der Waals surface area contributed by atoms with Crippen LogP contribution >= 0.6 is 27.7 Å². The number of thioether (sulfide) groups is 1. The molecule has 0 unspecified atom stereocenters. The minimum Gasteiger partial charge on any atom is -0.492 e. The summed E-state index contributed by atoms with van der Waals surface area (Å²) in [6, 6.07) is 24.0. The zero-order valence-corrected chi connectivity index (χ0v) is 21.5. The van der Waals surface area contributed by atoms with Crippen molar-refractivity contribution in [2.24, 2.45) is 0 Å². The maximum Gasteiger partial charge on any atom is 0.293 e. The maximum absolute atomic E-state index is 13.0. The summed E-state index contributed by atoms with van der Waals surface area (Å²) >= 11 is 4.46. The molecule has 0 radical (unpaired) electrons. The molecule has 7 heteroatoms. The summed E-state index contributed by atoms with van der Waals surface area (Å²) in [6.45, 7) is 3.16. The molecule has 176 valence electrons. The molecule has 1 saturated heterocycles. The lowest BCUT2D eigenvalue weighted by atomic mass is 10.1. The quantitative estimate of drug-likeness (QED) is 0.237. The average molecular weight is 547 g/mol. The number of nitrogens with zero attached hydrogens (tertiary/aromatic N) is 2. The van der Waals surface area contributed by atoms with Crippen molar-refractivity contribution in [1.29, 1.82) is 0 Å². The first-order valence-corrected chi connectivity index (χ1v) is 12.9. The summed E-state index contributed by atoms with van der Waals surface area (Å²) in [4.78, 5) is 27.3. The third-order valence-corrected chi connectivity index (χ3v) is 7.25. The van der Waals surface area contributed by atoms with E-state index in [0.717, 1.165) is 44.0 Å². The second-order valence-electron chi connectivity index (χ2n) is 8.35. The molecule has 3 aromatic carbocycles. The topological polar surface area (TPSA) is 51.5 Å². The number of fused-ring (bicyclic) bond motifs is 1. The number of aromatic nitrogens is 1. The largest absolute Gasteiger partial charge is 0.492 e. The van der Waals surface area contributed by atoms with Crippen molar-refractivity contribution in [3.8, 4) is 5.75 Å². The third kappa shape index (κ3) is 5.21. The van der Waals surface area contributed by atoms with Gasteiger partial charge < -0.3 is 9.30 Å². The molecule has 0 bridgehead atoms. The Bertz CT molecular complexity index is 1440. The number of rotatable bonds is 7. The van der Waals surface area contributed by atoms with Gasteiger partial charge in [0.15, 0.2) is 0 Å². The lowest BCUT2D eigenvalue weighted by Crippen LogP contribution is -2.32. The number of carbonyl (C=O) groups is 2. The van der Waals surface area contributed by atoms with Crippen LogP contribution in [-0.2, 0) is 11.3 Å². The highest BCUT2D eigenvalue weighted by molar-refractivity contribution is 9.10. The van der Waals surface area contributed by atoms with Crippen LogP contribution in [-0.4, -0.2) is 33.8 Å². The molecule has 2 heterocycles. The van der Waals surface area contributed by atoms with Crippen LogP contribution in [0.15, 0.2) is 88.4 Å². The Morgan fingerprint density at radius 2 is 1.80 bits per heavy atom. The zero-order valence-electron chi connectivity index (χ0n) is 19.1. The second-order valence-corrected chi connectivity index (χ2v) is 10.3. The summed E-state index contributed by atoms with van der Waals surface area (Å²) in [7, 11) is 0. The van der Waals surface area contributed by atoms with Crippen LogP contribution in [0.5, 0.6) is 5.75 Å². The first kappa shape index (κ1) is 23.5. The number of ether oxygens (including phenoxy) is 1. The molecular weight excluding hydrogens is 524 g/mol. The maximum atomic E-state index is 13.0. The molecule has 2 amide bonds. The van der Waals surface area contributed by atoms with Crippen LogP contribution in [0, 0.1) is 6.92 Å². The van der Waals surface area contributed by atoms with Gasteiger partial charge in [0.25, 0.3) is 11.1 Å².